The van der Waals surface area contributed by atoms with Gasteiger partial charge in [-0.2, -0.15) is 0 Å². The third kappa shape index (κ3) is 8.42. The molecule has 2 aliphatic rings. The van der Waals surface area contributed by atoms with E-state index < -0.39 is 32.5 Å². The van der Waals surface area contributed by atoms with Crippen LogP contribution in [-0.2, 0) is 23.4 Å². The van der Waals surface area contributed by atoms with Crippen LogP contribution in [0.3, 0.4) is 0 Å². The monoisotopic (exact) mass is 608 g/mol. The van der Waals surface area contributed by atoms with Crippen LogP contribution in [0.5, 0.6) is 0 Å². The van der Waals surface area contributed by atoms with Crippen molar-refractivity contribution >= 4 is 26.7 Å². The molecule has 0 aromatic carbocycles. The van der Waals surface area contributed by atoms with Crippen LogP contribution in [0.25, 0.3) is 0 Å². The molecule has 0 aromatic rings. The van der Waals surface area contributed by atoms with Crippen molar-refractivity contribution in [2.45, 2.75) is 156 Å². The summed E-state index contributed by atoms with van der Waals surface area (Å²) >= 11 is -2.45. The number of rotatable bonds is 14. The number of ether oxygens (including phenoxy) is 4. The molecule has 2 rings (SSSR count). The van der Waals surface area contributed by atoms with Crippen molar-refractivity contribution < 1.29 is 23.4 Å². The molecule has 2 aliphatic heterocycles. The Labute approximate surface area is 216 Å². The van der Waals surface area contributed by atoms with Crippen molar-refractivity contribution in [3.63, 3.8) is 0 Å². The minimum atomic E-state index is -2.45. The minimum absolute atomic E-state index is 0.0989. The van der Waals surface area contributed by atoms with Gasteiger partial charge in [-0.25, -0.2) is 0 Å². The number of fused-ring (bicyclic) bond motifs is 1. The zero-order valence-electron chi connectivity index (χ0n) is 24.1. The van der Waals surface area contributed by atoms with E-state index in [0.717, 1.165) is 4.62 Å². The Bertz CT molecular complexity index is 585. The SMILES string of the molecule is CCC[CH2][Sn]([CH2]CCC)([CH2]CCC)[CH2]O[C@H]1OC[C@H]2OC(C)(C)O[C@H]2[C@@H]1O[Si](C)(C)C(C)(C)C. The van der Waals surface area contributed by atoms with Crippen LogP contribution >= 0.6 is 0 Å². The summed E-state index contributed by atoms with van der Waals surface area (Å²) in [6.07, 6.45) is 7.01. The van der Waals surface area contributed by atoms with Gasteiger partial charge in [0.1, 0.15) is 0 Å². The van der Waals surface area contributed by atoms with Gasteiger partial charge >= 0.3 is 217 Å². The number of hydrogen-bond acceptors (Lipinski definition) is 5. The molecular formula is C27H56O5SiSn. The van der Waals surface area contributed by atoms with Crippen LogP contribution in [0.15, 0.2) is 0 Å². The van der Waals surface area contributed by atoms with Crippen molar-refractivity contribution in [2.75, 3.05) is 11.2 Å². The fourth-order valence-electron chi connectivity index (χ4n) is 5.00. The molecule has 2 heterocycles. The predicted octanol–water partition coefficient (Wildman–Crippen LogP) is 7.66. The first-order valence-corrected chi connectivity index (χ1v) is 25.0. The summed E-state index contributed by atoms with van der Waals surface area (Å²) in [4.78, 5) is 0. The van der Waals surface area contributed by atoms with Gasteiger partial charge in [-0.05, 0) is 0 Å². The first-order chi connectivity index (χ1) is 15.8. The van der Waals surface area contributed by atoms with E-state index in [2.05, 4.69) is 54.6 Å². The molecule has 202 valence electrons. The predicted molar refractivity (Wildman–Crippen MR) is 146 cm³/mol. The van der Waals surface area contributed by atoms with Crippen molar-refractivity contribution in [1.82, 2.24) is 0 Å². The average Bonchev–Trinajstić information content (AvgIpc) is 3.07. The van der Waals surface area contributed by atoms with Gasteiger partial charge in [0.15, 0.2) is 0 Å². The summed E-state index contributed by atoms with van der Waals surface area (Å²) in [6, 6.07) is 0. The number of unbranched alkanes of at least 4 members (excludes halogenated alkanes) is 3. The van der Waals surface area contributed by atoms with E-state index in [0.29, 0.717) is 6.61 Å². The molecular weight excluding hydrogens is 551 g/mol. The molecule has 5 nitrogen and oxygen atoms in total. The Kier molecular flexibility index (Phi) is 11.9. The van der Waals surface area contributed by atoms with Crippen LogP contribution in [0.1, 0.15) is 93.9 Å². The summed E-state index contributed by atoms with van der Waals surface area (Å²) in [5.41, 5.74) is 0. The fraction of sp³-hybridized carbons (Fsp3) is 1.00. The van der Waals surface area contributed by atoms with Crippen LogP contribution in [0.2, 0.25) is 31.4 Å². The molecule has 0 amide bonds. The normalized spacial score (nSPS) is 27.7. The average molecular weight is 608 g/mol. The van der Waals surface area contributed by atoms with Gasteiger partial charge in [0.05, 0.1) is 0 Å². The molecule has 0 N–H and O–H groups in total. The maximum atomic E-state index is 6.98. The summed E-state index contributed by atoms with van der Waals surface area (Å²) < 4.78 is 38.0. The standard InChI is InChI=1S/C15H29O5Si.3C4H9.Sn/c1-14(2,3)21(7,8)20-12-11-10(9-17-13(12)16-6)18-15(4,5)19-11;3*1-3-4-2;/h10-13H,6,9H2,1-5,7-8H3;3*1,3-4H2,2H3;/t10-,11-,12+,13+;;;;/m1..../s1. The zero-order valence-corrected chi connectivity index (χ0v) is 28.0. The molecule has 4 atom stereocenters. The van der Waals surface area contributed by atoms with E-state index in [1.165, 1.54) is 51.8 Å². The summed E-state index contributed by atoms with van der Waals surface area (Å²) in [5, 5.41) is 0.103. The van der Waals surface area contributed by atoms with E-state index >= 15 is 0 Å². The molecule has 0 radical (unpaired) electrons. The van der Waals surface area contributed by atoms with Crippen LogP contribution in [-0.4, -0.2) is 68.3 Å². The van der Waals surface area contributed by atoms with E-state index in [1.54, 1.807) is 0 Å². The second-order valence-electron chi connectivity index (χ2n) is 12.8. The first-order valence-electron chi connectivity index (χ1n) is 14.1. The Morgan fingerprint density at radius 1 is 0.912 bits per heavy atom. The second-order valence-corrected chi connectivity index (χ2v) is 31.2. The third-order valence-corrected chi connectivity index (χ3v) is 27.0. The van der Waals surface area contributed by atoms with E-state index in [4.69, 9.17) is 23.4 Å². The van der Waals surface area contributed by atoms with E-state index in [-0.39, 0.29) is 29.6 Å². The molecule has 7 heteroatoms. The van der Waals surface area contributed by atoms with Gasteiger partial charge in [-0.15, -0.1) is 0 Å². The molecule has 0 spiro atoms. The van der Waals surface area contributed by atoms with Crippen molar-refractivity contribution in [3.05, 3.63) is 0 Å². The molecule has 34 heavy (non-hydrogen) atoms. The topological polar surface area (TPSA) is 46.2 Å². The molecule has 2 fully saturated rings. The fourth-order valence-corrected chi connectivity index (χ4v) is 20.6. The Hall–Kier alpha value is 0.816. The second kappa shape index (κ2) is 13.1. The van der Waals surface area contributed by atoms with Gasteiger partial charge < -0.3 is 0 Å². The van der Waals surface area contributed by atoms with Crippen molar-refractivity contribution in [3.8, 4) is 0 Å². The summed E-state index contributed by atoms with van der Waals surface area (Å²) in [6.45, 7) is 22.9. The third-order valence-electron chi connectivity index (χ3n) is 8.21. The van der Waals surface area contributed by atoms with Gasteiger partial charge in [-0.1, -0.05) is 0 Å². The molecule has 0 bridgehead atoms. The molecule has 0 unspecified atom stereocenters. The molecule has 0 aromatic heterocycles. The van der Waals surface area contributed by atoms with E-state index in [9.17, 15) is 0 Å². The van der Waals surface area contributed by atoms with Gasteiger partial charge in [0, 0.05) is 0 Å². The van der Waals surface area contributed by atoms with Crippen molar-refractivity contribution in [1.29, 1.82) is 0 Å². The van der Waals surface area contributed by atoms with Crippen molar-refractivity contribution in [2.24, 2.45) is 0 Å². The van der Waals surface area contributed by atoms with Crippen LogP contribution in [0.4, 0.5) is 0 Å². The van der Waals surface area contributed by atoms with Gasteiger partial charge in [0.25, 0.3) is 0 Å². The molecule has 0 aliphatic carbocycles. The number of hydrogen-bond donors (Lipinski definition) is 0. The summed E-state index contributed by atoms with van der Waals surface area (Å²) in [5.74, 6) is -0.616. The molecule has 2 saturated heterocycles. The first kappa shape index (κ1) is 31.0. The quantitative estimate of drug-likeness (QED) is 0.190. The van der Waals surface area contributed by atoms with Crippen LogP contribution in [0, 0.1) is 0 Å². The Morgan fingerprint density at radius 2 is 1.44 bits per heavy atom. The van der Waals surface area contributed by atoms with E-state index in [1.807, 2.05) is 13.8 Å². The zero-order chi connectivity index (χ0) is 25.6. The molecule has 0 saturated carbocycles. The Balaban J connectivity index is 2.25. The van der Waals surface area contributed by atoms with Gasteiger partial charge in [0.2, 0.25) is 0 Å². The Morgan fingerprint density at radius 3 is 1.91 bits per heavy atom. The van der Waals surface area contributed by atoms with Crippen LogP contribution < -0.4 is 0 Å². The maximum absolute atomic E-state index is 6.98. The van der Waals surface area contributed by atoms with Gasteiger partial charge in [-0.3, -0.25) is 0 Å². The summed E-state index contributed by atoms with van der Waals surface area (Å²) in [7, 11) is -2.06.